The lowest BCUT2D eigenvalue weighted by Gasteiger charge is -2.14. The Morgan fingerprint density at radius 2 is 1.91 bits per heavy atom. The summed E-state index contributed by atoms with van der Waals surface area (Å²) in [5.41, 5.74) is 1.19. The number of benzene rings is 1. The van der Waals surface area contributed by atoms with Gasteiger partial charge in [-0.15, -0.1) is 0 Å². The van der Waals surface area contributed by atoms with Crippen LogP contribution in [-0.2, 0) is 4.74 Å². The molecule has 1 heterocycles. The van der Waals surface area contributed by atoms with Gasteiger partial charge in [-0.1, -0.05) is 13.8 Å². The average molecular weight is 305 g/mol. The van der Waals surface area contributed by atoms with Crippen LogP contribution >= 0.6 is 0 Å². The van der Waals surface area contributed by atoms with E-state index in [2.05, 4.69) is 18.8 Å². The largest absolute Gasteiger partial charge is 0.492 e. The minimum Gasteiger partial charge on any atom is -0.492 e. The van der Waals surface area contributed by atoms with Gasteiger partial charge in [-0.25, -0.2) is 4.79 Å². The fourth-order valence-corrected chi connectivity index (χ4v) is 2.12. The lowest BCUT2D eigenvalue weighted by atomic mass is 10.2. The molecule has 0 radical (unpaired) electrons. The molecule has 0 aliphatic heterocycles. The molecule has 0 bridgehead atoms. The molecule has 1 N–H and O–H groups in total. The Balaban J connectivity index is 2.46. The molecular formula is C17H23NO4. The third-order valence-electron chi connectivity index (χ3n) is 3.02. The predicted octanol–water partition coefficient (Wildman–Crippen LogP) is 3.78. The molecule has 0 aliphatic carbocycles. The first kappa shape index (κ1) is 16.2. The monoisotopic (exact) mass is 305 g/mol. The Morgan fingerprint density at radius 3 is 2.50 bits per heavy atom. The van der Waals surface area contributed by atoms with Crippen molar-refractivity contribution in [3.8, 4) is 11.5 Å². The minimum atomic E-state index is -0.405. The van der Waals surface area contributed by atoms with Gasteiger partial charge in [0.15, 0.2) is 0 Å². The third-order valence-corrected chi connectivity index (χ3v) is 3.02. The molecule has 5 nitrogen and oxygen atoms in total. The molecule has 1 aromatic heterocycles. The molecule has 0 atom stereocenters. The van der Waals surface area contributed by atoms with Crippen molar-refractivity contribution in [3.63, 3.8) is 0 Å². The molecule has 120 valence electrons. The summed E-state index contributed by atoms with van der Waals surface area (Å²) >= 11 is 0. The maximum Gasteiger partial charge on any atom is 0.354 e. The summed E-state index contributed by atoms with van der Waals surface area (Å²) in [7, 11) is 1.36. The van der Waals surface area contributed by atoms with Gasteiger partial charge in [-0.2, -0.15) is 0 Å². The van der Waals surface area contributed by atoms with E-state index in [1.165, 1.54) is 7.11 Å². The quantitative estimate of drug-likeness (QED) is 0.825. The predicted molar refractivity (Wildman–Crippen MR) is 85.7 cm³/mol. The van der Waals surface area contributed by atoms with Gasteiger partial charge in [0.05, 0.1) is 25.3 Å². The summed E-state index contributed by atoms with van der Waals surface area (Å²) in [4.78, 5) is 14.8. The third kappa shape index (κ3) is 3.72. The van der Waals surface area contributed by atoms with E-state index < -0.39 is 5.97 Å². The maximum absolute atomic E-state index is 11.7. The van der Waals surface area contributed by atoms with Crippen molar-refractivity contribution < 1.29 is 19.0 Å². The van der Waals surface area contributed by atoms with Crippen LogP contribution in [0.1, 0.15) is 38.2 Å². The normalized spacial score (nSPS) is 11.2. The number of hydrogen-bond donors (Lipinski definition) is 1. The van der Waals surface area contributed by atoms with Gasteiger partial charge < -0.3 is 19.2 Å². The Bertz CT molecular complexity index is 658. The van der Waals surface area contributed by atoms with Crippen LogP contribution in [0, 0.1) is 5.92 Å². The number of methoxy groups -OCH3 is 1. The fourth-order valence-electron chi connectivity index (χ4n) is 2.12. The molecule has 0 fully saturated rings. The number of nitrogens with one attached hydrogen (secondary N) is 1. The van der Waals surface area contributed by atoms with Gasteiger partial charge in [0.2, 0.25) is 0 Å². The van der Waals surface area contributed by atoms with Crippen LogP contribution in [0.25, 0.3) is 10.9 Å². The molecule has 0 aliphatic rings. The van der Waals surface area contributed by atoms with Crippen molar-refractivity contribution in [2.45, 2.75) is 33.8 Å². The van der Waals surface area contributed by atoms with E-state index in [-0.39, 0.29) is 6.10 Å². The molecule has 0 amide bonds. The molecule has 22 heavy (non-hydrogen) atoms. The Labute approximate surface area is 130 Å². The number of fused-ring (bicyclic) bond motifs is 1. The lowest BCUT2D eigenvalue weighted by molar-refractivity contribution is 0.0595. The van der Waals surface area contributed by atoms with Crippen molar-refractivity contribution in [3.05, 3.63) is 23.9 Å². The van der Waals surface area contributed by atoms with Crippen molar-refractivity contribution in [1.82, 2.24) is 4.98 Å². The highest BCUT2D eigenvalue weighted by atomic mass is 16.5. The summed E-state index contributed by atoms with van der Waals surface area (Å²) in [6, 6.07) is 5.47. The topological polar surface area (TPSA) is 60.6 Å². The first-order valence-corrected chi connectivity index (χ1v) is 7.45. The number of ether oxygens (including phenoxy) is 3. The maximum atomic E-state index is 11.7. The van der Waals surface area contributed by atoms with E-state index in [9.17, 15) is 4.79 Å². The zero-order valence-corrected chi connectivity index (χ0v) is 13.7. The summed E-state index contributed by atoms with van der Waals surface area (Å²) in [5, 5.41) is 0.845. The van der Waals surface area contributed by atoms with Crippen molar-refractivity contribution in [2.75, 3.05) is 13.7 Å². The molecule has 0 saturated carbocycles. The number of esters is 1. The number of hydrogen-bond acceptors (Lipinski definition) is 4. The first-order valence-electron chi connectivity index (χ1n) is 7.45. The van der Waals surface area contributed by atoms with Crippen LogP contribution in [0.5, 0.6) is 11.5 Å². The van der Waals surface area contributed by atoms with Gasteiger partial charge in [-0.3, -0.25) is 0 Å². The second kappa shape index (κ2) is 6.73. The van der Waals surface area contributed by atoms with E-state index in [4.69, 9.17) is 14.2 Å². The zero-order valence-electron chi connectivity index (χ0n) is 13.7. The van der Waals surface area contributed by atoms with Gasteiger partial charge >= 0.3 is 5.97 Å². The fraction of sp³-hybridized carbons (Fsp3) is 0.471. The van der Waals surface area contributed by atoms with E-state index in [0.29, 0.717) is 29.7 Å². The Morgan fingerprint density at radius 1 is 1.18 bits per heavy atom. The molecule has 2 aromatic rings. The van der Waals surface area contributed by atoms with Gasteiger partial charge in [0.1, 0.15) is 17.2 Å². The SMILES string of the molecule is COC(=O)c1cc2c(OCC(C)C)cc(OC(C)C)cc2[nH]1. The van der Waals surface area contributed by atoms with Gasteiger partial charge in [0, 0.05) is 17.5 Å². The number of aromatic amines is 1. The van der Waals surface area contributed by atoms with E-state index in [0.717, 1.165) is 10.9 Å². The Hall–Kier alpha value is -2.17. The molecule has 0 saturated heterocycles. The Kier molecular flexibility index (Phi) is 4.96. The standard InChI is InChI=1S/C17H23NO4/c1-10(2)9-21-16-7-12(22-11(3)4)6-14-13(16)8-15(18-14)17(19)20-5/h6-8,10-11,18H,9H2,1-5H3. The highest BCUT2D eigenvalue weighted by molar-refractivity contribution is 5.97. The van der Waals surface area contributed by atoms with E-state index in [1.807, 2.05) is 26.0 Å². The van der Waals surface area contributed by atoms with E-state index in [1.54, 1.807) is 6.07 Å². The molecule has 5 heteroatoms. The first-order chi connectivity index (χ1) is 10.4. The zero-order chi connectivity index (χ0) is 16.3. The summed E-state index contributed by atoms with van der Waals surface area (Å²) < 4.78 is 16.4. The number of carbonyl (C=O) groups is 1. The second-order valence-electron chi connectivity index (χ2n) is 5.93. The molecule has 0 spiro atoms. The molecule has 1 aromatic carbocycles. The second-order valence-corrected chi connectivity index (χ2v) is 5.93. The summed E-state index contributed by atoms with van der Waals surface area (Å²) in [5.74, 6) is 1.41. The van der Waals surface area contributed by atoms with E-state index >= 15 is 0 Å². The molecule has 0 unspecified atom stereocenters. The summed E-state index contributed by atoms with van der Waals surface area (Å²) in [6.45, 7) is 8.70. The summed E-state index contributed by atoms with van der Waals surface area (Å²) in [6.07, 6.45) is 0.0606. The van der Waals surface area contributed by atoms with Crippen LogP contribution in [0.3, 0.4) is 0 Å². The van der Waals surface area contributed by atoms with Crippen molar-refractivity contribution in [2.24, 2.45) is 5.92 Å². The van der Waals surface area contributed by atoms with Crippen LogP contribution in [-0.4, -0.2) is 30.8 Å². The number of H-pyrrole nitrogens is 1. The van der Waals surface area contributed by atoms with Crippen molar-refractivity contribution >= 4 is 16.9 Å². The minimum absolute atomic E-state index is 0.0606. The average Bonchev–Trinajstić information content (AvgIpc) is 2.87. The highest BCUT2D eigenvalue weighted by Gasteiger charge is 2.15. The van der Waals surface area contributed by atoms with Gasteiger partial charge in [0.25, 0.3) is 0 Å². The van der Waals surface area contributed by atoms with Crippen molar-refractivity contribution in [1.29, 1.82) is 0 Å². The lowest BCUT2D eigenvalue weighted by Crippen LogP contribution is -2.07. The van der Waals surface area contributed by atoms with Gasteiger partial charge in [-0.05, 0) is 25.8 Å². The van der Waals surface area contributed by atoms with Crippen LogP contribution in [0.2, 0.25) is 0 Å². The van der Waals surface area contributed by atoms with Crippen LogP contribution in [0.4, 0.5) is 0 Å². The number of aromatic nitrogens is 1. The van der Waals surface area contributed by atoms with Crippen LogP contribution in [0.15, 0.2) is 18.2 Å². The molecule has 2 rings (SSSR count). The number of rotatable bonds is 6. The highest BCUT2D eigenvalue weighted by Crippen LogP contribution is 2.33. The smallest absolute Gasteiger partial charge is 0.354 e. The van der Waals surface area contributed by atoms with Crippen LogP contribution < -0.4 is 9.47 Å². The molecular weight excluding hydrogens is 282 g/mol. The number of carbonyl (C=O) groups excluding carboxylic acids is 1.